The van der Waals surface area contributed by atoms with Gasteiger partial charge in [-0.2, -0.15) is 0 Å². The van der Waals surface area contributed by atoms with E-state index in [1.54, 1.807) is 25.1 Å². The third-order valence-corrected chi connectivity index (χ3v) is 3.94. The second kappa shape index (κ2) is 9.42. The molecule has 0 heterocycles. The molecule has 0 radical (unpaired) electrons. The summed E-state index contributed by atoms with van der Waals surface area (Å²) in [6.07, 6.45) is 2.38. The number of hydrogen-bond acceptors (Lipinski definition) is 5. The molecule has 0 aliphatic heterocycles. The number of amides is 1. The van der Waals surface area contributed by atoms with Gasteiger partial charge in [-0.3, -0.25) is 4.79 Å². The quantitative estimate of drug-likeness (QED) is 0.685. The molecule has 1 amide bonds. The highest BCUT2D eigenvalue weighted by molar-refractivity contribution is 5.99. The van der Waals surface area contributed by atoms with Crippen LogP contribution in [0.25, 0.3) is 0 Å². The van der Waals surface area contributed by atoms with Gasteiger partial charge < -0.3 is 19.5 Å². The molecule has 1 aromatic carbocycles. The number of nitrogens with one attached hydrogen (secondary N) is 1. The Morgan fingerprint density at radius 1 is 1.24 bits per heavy atom. The molecule has 1 atom stereocenters. The number of rotatable bonds is 9. The number of benzene rings is 1. The van der Waals surface area contributed by atoms with Gasteiger partial charge in [-0.05, 0) is 45.4 Å². The van der Waals surface area contributed by atoms with Crippen LogP contribution < -0.4 is 10.1 Å². The summed E-state index contributed by atoms with van der Waals surface area (Å²) >= 11 is 0. The topological polar surface area (TPSA) is 73.9 Å². The average Bonchev–Trinajstić information content (AvgIpc) is 2.59. The molecule has 6 heteroatoms. The van der Waals surface area contributed by atoms with E-state index in [4.69, 9.17) is 14.2 Å². The van der Waals surface area contributed by atoms with E-state index in [0.717, 1.165) is 12.8 Å². The Morgan fingerprint density at radius 2 is 1.92 bits per heavy atom. The zero-order valence-electron chi connectivity index (χ0n) is 16.0. The highest BCUT2D eigenvalue weighted by Gasteiger charge is 2.32. The number of esters is 1. The number of anilines is 1. The van der Waals surface area contributed by atoms with E-state index in [-0.39, 0.29) is 17.6 Å². The SMILES string of the molecule is CCCC[C@@](C)(OC)C(=O)Nc1ccc(OC(C)C)c(C(=O)OC)c1. The van der Waals surface area contributed by atoms with Crippen molar-refractivity contribution in [3.8, 4) is 5.75 Å². The highest BCUT2D eigenvalue weighted by Crippen LogP contribution is 2.26. The van der Waals surface area contributed by atoms with E-state index < -0.39 is 11.6 Å². The van der Waals surface area contributed by atoms with Gasteiger partial charge >= 0.3 is 5.97 Å². The first kappa shape index (κ1) is 21.0. The maximum absolute atomic E-state index is 12.6. The van der Waals surface area contributed by atoms with Crippen LogP contribution in [0.1, 0.15) is 57.3 Å². The van der Waals surface area contributed by atoms with E-state index in [2.05, 4.69) is 12.2 Å². The van der Waals surface area contributed by atoms with Crippen molar-refractivity contribution in [3.63, 3.8) is 0 Å². The monoisotopic (exact) mass is 351 g/mol. The van der Waals surface area contributed by atoms with Crippen molar-refractivity contribution in [3.05, 3.63) is 23.8 Å². The summed E-state index contributed by atoms with van der Waals surface area (Å²) in [7, 11) is 2.83. The molecule has 0 aliphatic carbocycles. The minimum Gasteiger partial charge on any atom is -0.490 e. The molecule has 0 bridgehead atoms. The largest absolute Gasteiger partial charge is 0.490 e. The van der Waals surface area contributed by atoms with E-state index >= 15 is 0 Å². The molecule has 0 fully saturated rings. The Balaban J connectivity index is 3.05. The molecular weight excluding hydrogens is 322 g/mol. The smallest absolute Gasteiger partial charge is 0.341 e. The van der Waals surface area contributed by atoms with Gasteiger partial charge in [0.1, 0.15) is 16.9 Å². The van der Waals surface area contributed by atoms with Crippen molar-refractivity contribution in [1.82, 2.24) is 0 Å². The summed E-state index contributed by atoms with van der Waals surface area (Å²) in [5, 5.41) is 2.81. The summed E-state index contributed by atoms with van der Waals surface area (Å²) < 4.78 is 15.9. The molecule has 0 aliphatic rings. The van der Waals surface area contributed by atoms with Crippen molar-refractivity contribution < 1.29 is 23.8 Å². The fraction of sp³-hybridized carbons (Fsp3) is 0.579. The van der Waals surface area contributed by atoms with Crippen molar-refractivity contribution in [2.75, 3.05) is 19.5 Å². The van der Waals surface area contributed by atoms with E-state index in [9.17, 15) is 9.59 Å². The van der Waals surface area contributed by atoms with Gasteiger partial charge in [0.2, 0.25) is 0 Å². The minimum absolute atomic E-state index is 0.0883. The van der Waals surface area contributed by atoms with Crippen molar-refractivity contribution in [2.24, 2.45) is 0 Å². The lowest BCUT2D eigenvalue weighted by Gasteiger charge is -2.27. The van der Waals surface area contributed by atoms with Crippen LogP contribution in [0.3, 0.4) is 0 Å². The second-order valence-electron chi connectivity index (χ2n) is 6.36. The normalized spacial score (nSPS) is 13.2. The third-order valence-electron chi connectivity index (χ3n) is 3.94. The van der Waals surface area contributed by atoms with Crippen LogP contribution >= 0.6 is 0 Å². The molecule has 25 heavy (non-hydrogen) atoms. The molecule has 0 spiro atoms. The lowest BCUT2D eigenvalue weighted by atomic mass is 9.97. The van der Waals surface area contributed by atoms with Crippen LogP contribution in [0.2, 0.25) is 0 Å². The molecule has 0 aromatic heterocycles. The second-order valence-corrected chi connectivity index (χ2v) is 6.36. The lowest BCUT2D eigenvalue weighted by molar-refractivity contribution is -0.136. The number of methoxy groups -OCH3 is 2. The standard InChI is InChI=1S/C19H29NO5/c1-7-8-11-19(4,24-6)18(22)20-14-9-10-16(25-13(2)3)15(12-14)17(21)23-5/h9-10,12-13H,7-8,11H2,1-6H3,(H,20,22)/t19-/m1/s1. The maximum Gasteiger partial charge on any atom is 0.341 e. The summed E-state index contributed by atoms with van der Waals surface area (Å²) in [4.78, 5) is 24.6. The first-order valence-electron chi connectivity index (χ1n) is 8.53. The van der Waals surface area contributed by atoms with Crippen LogP contribution in [0.4, 0.5) is 5.69 Å². The Labute approximate surface area is 149 Å². The van der Waals surface area contributed by atoms with Crippen LogP contribution in [-0.4, -0.2) is 37.8 Å². The fourth-order valence-corrected chi connectivity index (χ4v) is 2.32. The van der Waals surface area contributed by atoms with Gasteiger partial charge in [-0.25, -0.2) is 4.79 Å². The zero-order chi connectivity index (χ0) is 19.0. The number of ether oxygens (including phenoxy) is 3. The Morgan fingerprint density at radius 3 is 2.44 bits per heavy atom. The van der Waals surface area contributed by atoms with Gasteiger partial charge in [-0.15, -0.1) is 0 Å². The van der Waals surface area contributed by atoms with Crippen LogP contribution in [0.5, 0.6) is 5.75 Å². The fourth-order valence-electron chi connectivity index (χ4n) is 2.32. The van der Waals surface area contributed by atoms with Crippen LogP contribution in [0, 0.1) is 0 Å². The maximum atomic E-state index is 12.6. The first-order chi connectivity index (χ1) is 11.8. The number of unbranched alkanes of at least 4 members (excludes halogenated alkanes) is 1. The van der Waals surface area contributed by atoms with Gasteiger partial charge in [0.25, 0.3) is 5.91 Å². The van der Waals surface area contributed by atoms with E-state index in [0.29, 0.717) is 17.9 Å². The summed E-state index contributed by atoms with van der Waals surface area (Å²) in [5.41, 5.74) is -0.169. The van der Waals surface area contributed by atoms with Gasteiger partial charge in [0, 0.05) is 12.8 Å². The molecular formula is C19H29NO5. The van der Waals surface area contributed by atoms with Gasteiger partial charge in [0.05, 0.1) is 13.2 Å². The Hall–Kier alpha value is -2.08. The van der Waals surface area contributed by atoms with Gasteiger partial charge in [0.15, 0.2) is 0 Å². The van der Waals surface area contributed by atoms with Crippen molar-refractivity contribution in [2.45, 2.75) is 58.7 Å². The minimum atomic E-state index is -0.922. The molecule has 0 saturated heterocycles. The molecule has 1 N–H and O–H groups in total. The third kappa shape index (κ3) is 5.74. The first-order valence-corrected chi connectivity index (χ1v) is 8.53. The number of carbonyl (C=O) groups is 2. The Kier molecular flexibility index (Phi) is 7.90. The van der Waals surface area contributed by atoms with Gasteiger partial charge in [-0.1, -0.05) is 19.8 Å². The van der Waals surface area contributed by atoms with E-state index in [1.807, 2.05) is 13.8 Å². The summed E-state index contributed by atoms with van der Waals surface area (Å²) in [5.74, 6) is -0.357. The van der Waals surface area contributed by atoms with E-state index in [1.165, 1.54) is 14.2 Å². The summed E-state index contributed by atoms with van der Waals surface area (Å²) in [6.45, 7) is 7.56. The molecule has 6 nitrogen and oxygen atoms in total. The van der Waals surface area contributed by atoms with Crippen LogP contribution in [0.15, 0.2) is 18.2 Å². The van der Waals surface area contributed by atoms with Crippen LogP contribution in [-0.2, 0) is 14.3 Å². The van der Waals surface area contributed by atoms with Crippen molar-refractivity contribution in [1.29, 1.82) is 0 Å². The molecule has 0 saturated carbocycles. The number of carbonyl (C=O) groups excluding carboxylic acids is 2. The summed E-state index contributed by atoms with van der Waals surface area (Å²) in [6, 6.07) is 4.90. The molecule has 1 aromatic rings. The average molecular weight is 351 g/mol. The van der Waals surface area contributed by atoms with Crippen molar-refractivity contribution >= 4 is 17.6 Å². The number of hydrogen-bond donors (Lipinski definition) is 1. The molecule has 1 rings (SSSR count). The molecule has 140 valence electrons. The highest BCUT2D eigenvalue weighted by atomic mass is 16.5. The molecule has 0 unspecified atom stereocenters. The predicted molar refractivity (Wildman–Crippen MR) is 97.1 cm³/mol. The zero-order valence-corrected chi connectivity index (χ0v) is 16.0. The Bertz CT molecular complexity index is 599. The predicted octanol–water partition coefficient (Wildman–Crippen LogP) is 3.79. The lowest BCUT2D eigenvalue weighted by Crippen LogP contribution is -2.42.